The fourth-order valence-electron chi connectivity index (χ4n) is 2.45. The molecule has 4 nitrogen and oxygen atoms in total. The predicted molar refractivity (Wildman–Crippen MR) is 76.9 cm³/mol. The van der Waals surface area contributed by atoms with Gasteiger partial charge < -0.3 is 10.4 Å². The van der Waals surface area contributed by atoms with E-state index in [2.05, 4.69) is 42.8 Å². The lowest BCUT2D eigenvalue weighted by Crippen LogP contribution is -2.55. The molecule has 1 unspecified atom stereocenters. The van der Waals surface area contributed by atoms with Gasteiger partial charge in [0, 0.05) is 44.3 Å². The Labute approximate surface area is 112 Å². The van der Waals surface area contributed by atoms with Gasteiger partial charge >= 0.3 is 0 Å². The van der Waals surface area contributed by atoms with Crippen molar-refractivity contribution in [2.45, 2.75) is 45.7 Å². The lowest BCUT2D eigenvalue weighted by atomic mass is 10.0. The molecule has 0 bridgehead atoms. The van der Waals surface area contributed by atoms with E-state index >= 15 is 0 Å². The Morgan fingerprint density at radius 1 is 1.17 bits per heavy atom. The molecule has 0 spiro atoms. The van der Waals surface area contributed by atoms with Gasteiger partial charge in [-0.05, 0) is 33.7 Å². The zero-order chi connectivity index (χ0) is 13.6. The number of hydrogen-bond donors (Lipinski definition) is 2. The molecule has 18 heavy (non-hydrogen) atoms. The minimum Gasteiger partial charge on any atom is -0.395 e. The molecule has 1 rings (SSSR count). The molecule has 1 saturated heterocycles. The van der Waals surface area contributed by atoms with Crippen LogP contribution in [-0.4, -0.2) is 72.4 Å². The highest BCUT2D eigenvalue weighted by Gasteiger charge is 2.26. The topological polar surface area (TPSA) is 38.7 Å². The molecule has 0 amide bonds. The number of piperazine rings is 1. The van der Waals surface area contributed by atoms with Gasteiger partial charge in [0.15, 0.2) is 0 Å². The summed E-state index contributed by atoms with van der Waals surface area (Å²) < 4.78 is 0. The summed E-state index contributed by atoms with van der Waals surface area (Å²) in [7, 11) is 0. The van der Waals surface area contributed by atoms with Gasteiger partial charge in [0.2, 0.25) is 0 Å². The summed E-state index contributed by atoms with van der Waals surface area (Å²) in [6.45, 7) is 15.7. The van der Waals surface area contributed by atoms with Crippen molar-refractivity contribution < 1.29 is 5.11 Å². The van der Waals surface area contributed by atoms with Crippen LogP contribution in [0, 0.1) is 0 Å². The molecule has 0 saturated carbocycles. The van der Waals surface area contributed by atoms with Crippen molar-refractivity contribution in [3.8, 4) is 0 Å². The first-order chi connectivity index (χ1) is 8.47. The first kappa shape index (κ1) is 15.9. The fraction of sp³-hybridized carbons (Fsp3) is 1.00. The Bertz CT molecular complexity index is 220. The van der Waals surface area contributed by atoms with Crippen molar-refractivity contribution >= 4 is 0 Å². The van der Waals surface area contributed by atoms with E-state index in [0.29, 0.717) is 0 Å². The average Bonchev–Trinajstić information content (AvgIpc) is 2.34. The van der Waals surface area contributed by atoms with Gasteiger partial charge in [0.05, 0.1) is 6.61 Å². The molecule has 0 aliphatic carbocycles. The largest absolute Gasteiger partial charge is 0.395 e. The molecule has 0 aromatic rings. The van der Waals surface area contributed by atoms with Crippen LogP contribution in [0.3, 0.4) is 0 Å². The summed E-state index contributed by atoms with van der Waals surface area (Å²) in [6.07, 6.45) is 1.12. The van der Waals surface area contributed by atoms with Crippen LogP contribution in [0.5, 0.6) is 0 Å². The maximum atomic E-state index is 9.36. The molecule has 1 heterocycles. The third kappa shape index (κ3) is 5.22. The minimum atomic E-state index is 0.228. The van der Waals surface area contributed by atoms with E-state index in [1.165, 1.54) is 0 Å². The second kappa shape index (κ2) is 7.43. The highest BCUT2D eigenvalue weighted by molar-refractivity contribution is 4.83. The van der Waals surface area contributed by atoms with Crippen LogP contribution in [0.2, 0.25) is 0 Å². The highest BCUT2D eigenvalue weighted by Crippen LogP contribution is 2.15. The Hall–Kier alpha value is -0.160. The van der Waals surface area contributed by atoms with Crippen molar-refractivity contribution in [2.24, 2.45) is 0 Å². The maximum absolute atomic E-state index is 9.36. The normalized spacial score (nSPS) is 21.2. The number of nitrogens with one attached hydrogen (secondary N) is 1. The summed E-state index contributed by atoms with van der Waals surface area (Å²) >= 11 is 0. The van der Waals surface area contributed by atoms with Crippen LogP contribution < -0.4 is 5.32 Å². The molecule has 0 aromatic carbocycles. The number of hydrogen-bond acceptors (Lipinski definition) is 4. The maximum Gasteiger partial charge on any atom is 0.0597 e. The molecule has 108 valence electrons. The molecule has 0 radical (unpaired) electrons. The number of aliphatic hydroxyl groups excluding tert-OH is 1. The zero-order valence-electron chi connectivity index (χ0n) is 12.6. The molecular weight excluding hydrogens is 226 g/mol. The van der Waals surface area contributed by atoms with Gasteiger partial charge in [-0.15, -0.1) is 0 Å². The van der Waals surface area contributed by atoms with Crippen LogP contribution in [0.25, 0.3) is 0 Å². The zero-order valence-corrected chi connectivity index (χ0v) is 12.6. The molecule has 4 heteroatoms. The van der Waals surface area contributed by atoms with E-state index in [1.807, 2.05) is 0 Å². The van der Waals surface area contributed by atoms with E-state index in [4.69, 9.17) is 0 Å². The molecule has 0 aromatic heterocycles. The Morgan fingerprint density at radius 2 is 1.78 bits per heavy atom. The Morgan fingerprint density at radius 3 is 2.22 bits per heavy atom. The smallest absolute Gasteiger partial charge is 0.0597 e. The molecule has 1 atom stereocenters. The second-order valence-electron chi connectivity index (χ2n) is 6.29. The van der Waals surface area contributed by atoms with Crippen LogP contribution in [-0.2, 0) is 0 Å². The van der Waals surface area contributed by atoms with Gasteiger partial charge in [-0.2, -0.15) is 0 Å². The molecular formula is C14H31N3O. The van der Waals surface area contributed by atoms with E-state index in [0.717, 1.165) is 45.7 Å². The van der Waals surface area contributed by atoms with Crippen LogP contribution in [0.1, 0.15) is 34.1 Å². The monoisotopic (exact) mass is 257 g/mol. The molecule has 1 fully saturated rings. The molecule has 1 aliphatic rings. The van der Waals surface area contributed by atoms with Crippen LogP contribution in [0.4, 0.5) is 0 Å². The second-order valence-corrected chi connectivity index (χ2v) is 6.29. The standard InChI is InChI=1S/C14H31N3O/c1-5-6-15-13(12-18)11-16-7-9-17(10-8-16)14(2,3)4/h13,15,18H,5-12H2,1-4H3. The number of aliphatic hydroxyl groups is 1. The third-order valence-corrected chi connectivity index (χ3v) is 3.70. The lowest BCUT2D eigenvalue weighted by molar-refractivity contribution is 0.0539. The Kier molecular flexibility index (Phi) is 6.57. The van der Waals surface area contributed by atoms with E-state index in [9.17, 15) is 5.11 Å². The molecule has 1 aliphatic heterocycles. The van der Waals surface area contributed by atoms with Crippen LogP contribution >= 0.6 is 0 Å². The molecule has 2 N–H and O–H groups in total. The number of nitrogens with zero attached hydrogens (tertiary/aromatic N) is 2. The van der Waals surface area contributed by atoms with Gasteiger partial charge in [-0.3, -0.25) is 9.80 Å². The van der Waals surface area contributed by atoms with Gasteiger partial charge in [-0.25, -0.2) is 0 Å². The first-order valence-corrected chi connectivity index (χ1v) is 7.29. The quantitative estimate of drug-likeness (QED) is 0.737. The van der Waals surface area contributed by atoms with Crippen molar-refractivity contribution in [1.82, 2.24) is 15.1 Å². The van der Waals surface area contributed by atoms with Crippen molar-refractivity contribution in [3.63, 3.8) is 0 Å². The summed E-state index contributed by atoms with van der Waals surface area (Å²) in [5, 5.41) is 12.8. The van der Waals surface area contributed by atoms with Crippen LogP contribution in [0.15, 0.2) is 0 Å². The third-order valence-electron chi connectivity index (χ3n) is 3.70. The van der Waals surface area contributed by atoms with Gasteiger partial charge in [0.1, 0.15) is 0 Å². The summed E-state index contributed by atoms with van der Waals surface area (Å²) in [6, 6.07) is 0.228. The average molecular weight is 257 g/mol. The van der Waals surface area contributed by atoms with Gasteiger partial charge in [0.25, 0.3) is 0 Å². The number of rotatable bonds is 6. The van der Waals surface area contributed by atoms with E-state index < -0.39 is 0 Å². The summed E-state index contributed by atoms with van der Waals surface area (Å²) in [5.74, 6) is 0. The van der Waals surface area contributed by atoms with E-state index in [1.54, 1.807) is 0 Å². The fourth-order valence-corrected chi connectivity index (χ4v) is 2.45. The van der Waals surface area contributed by atoms with Gasteiger partial charge in [-0.1, -0.05) is 6.92 Å². The van der Waals surface area contributed by atoms with E-state index in [-0.39, 0.29) is 18.2 Å². The lowest BCUT2D eigenvalue weighted by Gasteiger charge is -2.43. The van der Waals surface area contributed by atoms with Crippen molar-refractivity contribution in [2.75, 3.05) is 45.9 Å². The van der Waals surface area contributed by atoms with Crippen molar-refractivity contribution in [3.05, 3.63) is 0 Å². The minimum absolute atomic E-state index is 0.228. The SMILES string of the molecule is CCCNC(CO)CN1CCN(C(C)(C)C)CC1. The van der Waals surface area contributed by atoms with Crippen molar-refractivity contribution in [1.29, 1.82) is 0 Å². The highest BCUT2D eigenvalue weighted by atomic mass is 16.3. The summed E-state index contributed by atoms with van der Waals surface area (Å²) in [5.41, 5.74) is 0.281. The Balaban J connectivity index is 2.29. The first-order valence-electron chi connectivity index (χ1n) is 7.29. The predicted octanol–water partition coefficient (Wildman–Crippen LogP) is 0.763. The summed E-state index contributed by atoms with van der Waals surface area (Å²) in [4.78, 5) is 5.00.